The number of hydrogen-bond acceptors (Lipinski definition) is 2. The van der Waals surface area contributed by atoms with Crippen molar-refractivity contribution < 1.29 is 4.79 Å². The highest BCUT2D eigenvalue weighted by Crippen LogP contribution is 2.28. The molecule has 0 fully saturated rings. The van der Waals surface area contributed by atoms with Crippen molar-refractivity contribution >= 4 is 41.3 Å². The van der Waals surface area contributed by atoms with Crippen LogP contribution in [0.2, 0.25) is 10.0 Å². The Labute approximate surface area is 92.3 Å². The van der Waals surface area contributed by atoms with Gasteiger partial charge in [-0.05, 0) is 12.1 Å². The number of rotatable bonds is 3. The highest BCUT2D eigenvalue weighted by atomic mass is 35.5. The maximum Gasteiger partial charge on any atom is 0.123 e. The number of benzene rings is 1. The van der Waals surface area contributed by atoms with Crippen molar-refractivity contribution in [1.29, 1.82) is 0 Å². The fourth-order valence-electron chi connectivity index (χ4n) is 1.00. The van der Waals surface area contributed by atoms with E-state index in [-0.39, 0.29) is 0 Å². The number of carbonyl (C=O) groups excluding carboxylic acids is 1. The Morgan fingerprint density at radius 3 is 2.36 bits per heavy atom. The fraction of sp³-hybridized carbons (Fsp3) is 0.100. The van der Waals surface area contributed by atoms with Crippen LogP contribution in [0.4, 0.5) is 5.69 Å². The molecule has 0 aliphatic heterocycles. The number of allylic oxidation sites excluding steroid dienone is 1. The molecule has 1 rings (SSSR count). The molecule has 1 aromatic rings. The van der Waals surface area contributed by atoms with Crippen LogP contribution in [0.1, 0.15) is 12.0 Å². The minimum absolute atomic E-state index is 0.344. The zero-order chi connectivity index (χ0) is 10.6. The SMILES string of the molecule is Nc1cc(Cl)c(C=CCC=O)c(Cl)c1. The number of anilines is 1. The molecule has 2 nitrogen and oxygen atoms in total. The second-order valence-corrected chi connectivity index (χ2v) is 3.52. The van der Waals surface area contributed by atoms with Crippen molar-refractivity contribution in [3.8, 4) is 0 Å². The van der Waals surface area contributed by atoms with Gasteiger partial charge in [-0.3, -0.25) is 0 Å². The van der Waals surface area contributed by atoms with Gasteiger partial charge in [-0.2, -0.15) is 0 Å². The van der Waals surface area contributed by atoms with Crippen LogP contribution in [0.15, 0.2) is 18.2 Å². The van der Waals surface area contributed by atoms with E-state index in [2.05, 4.69) is 0 Å². The molecule has 14 heavy (non-hydrogen) atoms. The third-order valence-electron chi connectivity index (χ3n) is 1.62. The summed E-state index contributed by atoms with van der Waals surface area (Å²) in [6.45, 7) is 0. The Morgan fingerprint density at radius 2 is 1.86 bits per heavy atom. The normalized spacial score (nSPS) is 10.7. The van der Waals surface area contributed by atoms with E-state index in [1.807, 2.05) is 0 Å². The summed E-state index contributed by atoms with van der Waals surface area (Å²) in [5, 5.41) is 0.967. The fourth-order valence-corrected chi connectivity index (χ4v) is 1.63. The van der Waals surface area contributed by atoms with Crippen molar-refractivity contribution in [3.05, 3.63) is 33.8 Å². The molecule has 0 aliphatic carbocycles. The van der Waals surface area contributed by atoms with Crippen LogP contribution in [-0.2, 0) is 4.79 Å². The van der Waals surface area contributed by atoms with E-state index in [0.717, 1.165) is 6.29 Å². The van der Waals surface area contributed by atoms with Crippen molar-refractivity contribution in [1.82, 2.24) is 0 Å². The topological polar surface area (TPSA) is 43.1 Å². The summed E-state index contributed by atoms with van der Waals surface area (Å²) < 4.78 is 0. The van der Waals surface area contributed by atoms with E-state index >= 15 is 0 Å². The van der Waals surface area contributed by atoms with E-state index in [1.165, 1.54) is 0 Å². The molecule has 0 spiro atoms. The number of carbonyl (C=O) groups is 1. The zero-order valence-corrected chi connectivity index (χ0v) is 8.85. The molecule has 0 heterocycles. The molecule has 0 atom stereocenters. The molecular formula is C10H9Cl2NO. The third-order valence-corrected chi connectivity index (χ3v) is 2.24. The van der Waals surface area contributed by atoms with Crippen LogP contribution in [0.25, 0.3) is 6.08 Å². The first-order chi connectivity index (χ1) is 6.65. The van der Waals surface area contributed by atoms with Gasteiger partial charge in [0, 0.05) is 17.7 Å². The third kappa shape index (κ3) is 2.76. The quantitative estimate of drug-likeness (QED) is 0.640. The van der Waals surface area contributed by atoms with E-state index in [9.17, 15) is 4.79 Å². The Bertz CT molecular complexity index is 351. The van der Waals surface area contributed by atoms with Crippen molar-refractivity contribution in [2.24, 2.45) is 0 Å². The number of aldehydes is 1. The van der Waals surface area contributed by atoms with Crippen LogP contribution in [-0.4, -0.2) is 6.29 Å². The maximum atomic E-state index is 10.1. The average Bonchev–Trinajstić information content (AvgIpc) is 2.09. The largest absolute Gasteiger partial charge is 0.399 e. The van der Waals surface area contributed by atoms with Gasteiger partial charge in [0.15, 0.2) is 0 Å². The van der Waals surface area contributed by atoms with Gasteiger partial charge < -0.3 is 10.5 Å². The van der Waals surface area contributed by atoms with E-state index in [0.29, 0.717) is 27.7 Å². The first-order valence-corrected chi connectivity index (χ1v) is 4.75. The molecular weight excluding hydrogens is 221 g/mol. The molecule has 0 saturated heterocycles. The van der Waals surface area contributed by atoms with E-state index < -0.39 is 0 Å². The number of hydrogen-bond donors (Lipinski definition) is 1. The molecule has 1 aromatic carbocycles. The lowest BCUT2D eigenvalue weighted by Crippen LogP contribution is -1.87. The monoisotopic (exact) mass is 229 g/mol. The molecule has 74 valence electrons. The van der Waals surface area contributed by atoms with Gasteiger partial charge in [-0.1, -0.05) is 35.4 Å². The first-order valence-electron chi connectivity index (χ1n) is 4.00. The van der Waals surface area contributed by atoms with Gasteiger partial charge in [0.1, 0.15) is 6.29 Å². The summed E-state index contributed by atoms with van der Waals surface area (Å²) in [6, 6.07) is 3.24. The molecule has 0 aromatic heterocycles. The predicted molar refractivity (Wildman–Crippen MR) is 60.6 cm³/mol. The Kier molecular flexibility index (Phi) is 3.98. The minimum atomic E-state index is 0.344. The van der Waals surface area contributed by atoms with Crippen LogP contribution < -0.4 is 5.73 Å². The van der Waals surface area contributed by atoms with Crippen molar-refractivity contribution in [2.45, 2.75) is 6.42 Å². The molecule has 0 amide bonds. The molecule has 0 saturated carbocycles. The van der Waals surface area contributed by atoms with Gasteiger partial charge in [-0.25, -0.2) is 0 Å². The number of nitrogens with two attached hydrogens (primary N) is 1. The Hall–Kier alpha value is -0.990. The summed E-state index contributed by atoms with van der Waals surface area (Å²) in [5.41, 5.74) is 6.74. The summed E-state index contributed by atoms with van der Waals surface area (Å²) >= 11 is 11.8. The lowest BCUT2D eigenvalue weighted by atomic mass is 10.2. The van der Waals surface area contributed by atoms with Crippen LogP contribution in [0.5, 0.6) is 0 Å². The van der Waals surface area contributed by atoms with Gasteiger partial charge in [0.2, 0.25) is 0 Å². The molecule has 0 bridgehead atoms. The maximum absolute atomic E-state index is 10.1. The number of halogens is 2. The molecule has 0 aliphatic rings. The van der Waals surface area contributed by atoms with Crippen LogP contribution in [0.3, 0.4) is 0 Å². The molecule has 4 heteroatoms. The Balaban J connectivity index is 3.02. The summed E-state index contributed by atoms with van der Waals surface area (Å²) in [4.78, 5) is 10.1. The number of nitrogen functional groups attached to an aromatic ring is 1. The molecule has 0 radical (unpaired) electrons. The highest BCUT2D eigenvalue weighted by molar-refractivity contribution is 6.37. The second kappa shape index (κ2) is 5.03. The van der Waals surface area contributed by atoms with E-state index in [1.54, 1.807) is 24.3 Å². The second-order valence-electron chi connectivity index (χ2n) is 2.70. The highest BCUT2D eigenvalue weighted by Gasteiger charge is 2.03. The predicted octanol–water partition coefficient (Wildman–Crippen LogP) is 3.18. The van der Waals surface area contributed by atoms with Gasteiger partial charge in [0.25, 0.3) is 0 Å². The molecule has 2 N–H and O–H groups in total. The van der Waals surface area contributed by atoms with Crippen LogP contribution >= 0.6 is 23.2 Å². The zero-order valence-electron chi connectivity index (χ0n) is 7.34. The average molecular weight is 230 g/mol. The first kappa shape index (κ1) is 11.1. The standard InChI is InChI=1S/C10H9Cl2NO/c11-9-5-7(13)6-10(12)8(9)3-1-2-4-14/h1,3-6H,2,13H2. The van der Waals surface area contributed by atoms with Gasteiger partial charge in [-0.15, -0.1) is 0 Å². The van der Waals surface area contributed by atoms with Crippen molar-refractivity contribution in [3.63, 3.8) is 0 Å². The summed E-state index contributed by atoms with van der Waals surface area (Å²) in [7, 11) is 0. The minimum Gasteiger partial charge on any atom is -0.399 e. The molecule has 0 unspecified atom stereocenters. The van der Waals surface area contributed by atoms with E-state index in [4.69, 9.17) is 28.9 Å². The summed E-state index contributed by atoms with van der Waals surface area (Å²) in [5.74, 6) is 0. The Morgan fingerprint density at radius 1 is 1.29 bits per heavy atom. The van der Waals surface area contributed by atoms with Gasteiger partial charge in [0.05, 0.1) is 10.0 Å². The van der Waals surface area contributed by atoms with Crippen molar-refractivity contribution in [2.75, 3.05) is 5.73 Å². The van der Waals surface area contributed by atoms with Gasteiger partial charge >= 0.3 is 0 Å². The van der Waals surface area contributed by atoms with Crippen LogP contribution in [0, 0.1) is 0 Å². The smallest absolute Gasteiger partial charge is 0.123 e. The lowest BCUT2D eigenvalue weighted by molar-refractivity contribution is -0.107. The summed E-state index contributed by atoms with van der Waals surface area (Å²) in [6.07, 6.45) is 4.54. The lowest BCUT2D eigenvalue weighted by Gasteiger charge is -2.02.